The third-order valence-electron chi connectivity index (χ3n) is 8.42. The minimum atomic E-state index is -2.13. The zero-order valence-corrected chi connectivity index (χ0v) is 17.6. The summed E-state index contributed by atoms with van der Waals surface area (Å²) in [5, 5.41) is 10.8. The van der Waals surface area contributed by atoms with Crippen LogP contribution in [0.1, 0.15) is 40.0 Å². The van der Waals surface area contributed by atoms with Crippen molar-refractivity contribution in [1.29, 1.82) is 0 Å². The molecule has 4 aliphatic rings. The highest BCUT2D eigenvalue weighted by molar-refractivity contribution is 8.13. The summed E-state index contributed by atoms with van der Waals surface area (Å²) in [5.74, 6) is -2.07. The van der Waals surface area contributed by atoms with E-state index in [0.717, 1.165) is 0 Å². The van der Waals surface area contributed by atoms with Gasteiger partial charge in [-0.25, -0.2) is 13.2 Å². The Hall–Kier alpha value is -1.08. The summed E-state index contributed by atoms with van der Waals surface area (Å²) >= 11 is 0.622. The van der Waals surface area contributed by atoms with Gasteiger partial charge in [0.25, 0.3) is 0 Å². The van der Waals surface area contributed by atoms with Crippen molar-refractivity contribution in [1.82, 2.24) is 0 Å². The number of hydrogen-bond acceptors (Lipinski definition) is 4. The van der Waals surface area contributed by atoms with Gasteiger partial charge in [-0.05, 0) is 61.2 Å². The van der Waals surface area contributed by atoms with Gasteiger partial charge in [-0.2, -0.15) is 0 Å². The first-order valence-electron chi connectivity index (χ1n) is 10.2. The molecule has 0 heterocycles. The molecular weight excluding hydrogens is 401 g/mol. The lowest BCUT2D eigenvalue weighted by Crippen LogP contribution is -2.68. The van der Waals surface area contributed by atoms with Crippen molar-refractivity contribution in [3.05, 3.63) is 23.8 Å². The number of alkyl halides is 3. The zero-order valence-electron chi connectivity index (χ0n) is 16.8. The maximum absolute atomic E-state index is 16.9. The third kappa shape index (κ3) is 2.62. The smallest absolute Gasteiger partial charge is 0.195 e. The van der Waals surface area contributed by atoms with Crippen molar-refractivity contribution >= 4 is 22.7 Å². The molecular formula is C22H27F3O3S. The third-order valence-corrected chi connectivity index (χ3v) is 9.07. The van der Waals surface area contributed by atoms with Crippen molar-refractivity contribution in [2.45, 2.75) is 58.0 Å². The van der Waals surface area contributed by atoms with Gasteiger partial charge in [0, 0.05) is 17.3 Å². The van der Waals surface area contributed by atoms with Crippen LogP contribution >= 0.6 is 11.8 Å². The van der Waals surface area contributed by atoms with E-state index in [1.165, 1.54) is 18.2 Å². The number of aliphatic hydroxyl groups excluding tert-OH is 1. The van der Waals surface area contributed by atoms with Gasteiger partial charge in [-0.3, -0.25) is 9.59 Å². The van der Waals surface area contributed by atoms with Gasteiger partial charge in [0.2, 0.25) is 0 Å². The number of carbonyl (C=O) groups is 2. The molecule has 0 aromatic heterocycles. The molecule has 1 N–H and O–H groups in total. The minimum absolute atomic E-state index is 0.0554. The molecule has 0 unspecified atom stereocenters. The Labute approximate surface area is 173 Å². The van der Waals surface area contributed by atoms with Crippen LogP contribution in [0, 0.1) is 34.5 Å². The van der Waals surface area contributed by atoms with Gasteiger partial charge in [-0.15, -0.1) is 0 Å². The Morgan fingerprint density at radius 1 is 1.31 bits per heavy atom. The maximum atomic E-state index is 16.9. The van der Waals surface area contributed by atoms with E-state index in [1.54, 1.807) is 6.92 Å². The van der Waals surface area contributed by atoms with E-state index in [1.807, 2.05) is 13.8 Å². The summed E-state index contributed by atoms with van der Waals surface area (Å²) in [7, 11) is 0. The summed E-state index contributed by atoms with van der Waals surface area (Å²) in [6.07, 6.45) is 1.40. The van der Waals surface area contributed by atoms with Crippen LogP contribution in [-0.2, 0) is 9.59 Å². The second-order valence-electron chi connectivity index (χ2n) is 9.71. The highest BCUT2D eigenvalue weighted by Crippen LogP contribution is 2.70. The van der Waals surface area contributed by atoms with E-state index in [9.17, 15) is 19.1 Å². The molecule has 4 aliphatic carbocycles. The average molecular weight is 429 g/mol. The van der Waals surface area contributed by atoms with Gasteiger partial charge >= 0.3 is 0 Å². The predicted octanol–water partition coefficient (Wildman–Crippen LogP) is 4.35. The number of hydrogen-bond donors (Lipinski definition) is 1. The minimum Gasteiger partial charge on any atom is -0.390 e. The molecule has 3 fully saturated rings. The summed E-state index contributed by atoms with van der Waals surface area (Å²) in [5.41, 5.74) is -4.17. The molecule has 0 aliphatic heterocycles. The molecule has 7 heteroatoms. The van der Waals surface area contributed by atoms with Gasteiger partial charge in [0.15, 0.2) is 16.6 Å². The Bertz CT molecular complexity index is 813. The summed E-state index contributed by atoms with van der Waals surface area (Å²) in [6.45, 7) is 5.33. The molecule has 3 saturated carbocycles. The lowest BCUT2D eigenvalue weighted by atomic mass is 9.45. The molecule has 0 bridgehead atoms. The fourth-order valence-electron chi connectivity index (χ4n) is 7.22. The Morgan fingerprint density at radius 3 is 2.66 bits per heavy atom. The monoisotopic (exact) mass is 428 g/mol. The molecule has 29 heavy (non-hydrogen) atoms. The lowest BCUT2D eigenvalue weighted by molar-refractivity contribution is -0.201. The standard InChI is InChI=1S/C22H27F3O3S/c1-11-6-13-14-8-16(24)15-7-12(26)4-5-21(15,3)22(14,25)17(27)9-20(13,2)18(11)19(28)29-10-23/h4-5,7,11,13-14,16-18,27H,6,8-10H2,1-3H3/t11-,13+,14+,16+,17+,18+,20+,21+,22+/m1/s1. The molecule has 9 atom stereocenters. The first-order chi connectivity index (χ1) is 13.5. The number of fused-ring (bicyclic) bond motifs is 5. The number of aliphatic hydroxyl groups is 1. The van der Waals surface area contributed by atoms with Crippen LogP contribution in [0.25, 0.3) is 0 Å². The van der Waals surface area contributed by atoms with Gasteiger partial charge in [-0.1, -0.05) is 31.7 Å². The van der Waals surface area contributed by atoms with Crippen LogP contribution in [0.2, 0.25) is 0 Å². The Morgan fingerprint density at radius 2 is 2.00 bits per heavy atom. The van der Waals surface area contributed by atoms with Crippen LogP contribution in [0.3, 0.4) is 0 Å². The quantitative estimate of drug-likeness (QED) is 0.710. The molecule has 0 saturated heterocycles. The maximum Gasteiger partial charge on any atom is 0.195 e. The number of ketones is 1. The van der Waals surface area contributed by atoms with E-state index in [2.05, 4.69) is 0 Å². The SMILES string of the molecule is C[C@@H]1C[C@H]2[C@@H]3C[C@H](F)C4=CC(=O)C=C[C@]4(C)[C@@]3(F)[C@@H](O)C[C@]2(C)[C@@H]1C(=O)SCF. The molecule has 160 valence electrons. The number of rotatable bonds is 2. The first kappa shape index (κ1) is 21.2. The molecule has 0 amide bonds. The molecule has 3 nitrogen and oxygen atoms in total. The largest absolute Gasteiger partial charge is 0.390 e. The predicted molar refractivity (Wildman–Crippen MR) is 105 cm³/mol. The van der Waals surface area contributed by atoms with E-state index < -0.39 is 46.6 Å². The summed E-state index contributed by atoms with van der Waals surface area (Å²) in [4.78, 5) is 24.5. The van der Waals surface area contributed by atoms with Gasteiger partial charge in [0.1, 0.15) is 12.2 Å². The highest BCUT2D eigenvalue weighted by Gasteiger charge is 2.73. The van der Waals surface area contributed by atoms with Crippen molar-refractivity contribution in [3.63, 3.8) is 0 Å². The number of thioether (sulfide) groups is 1. The first-order valence-corrected chi connectivity index (χ1v) is 11.2. The normalized spacial score (nSPS) is 51.1. The summed E-state index contributed by atoms with van der Waals surface area (Å²) < 4.78 is 45.0. The molecule has 0 radical (unpaired) electrons. The topological polar surface area (TPSA) is 54.4 Å². The van der Waals surface area contributed by atoms with Crippen LogP contribution in [0.4, 0.5) is 13.2 Å². The van der Waals surface area contributed by atoms with E-state index in [0.29, 0.717) is 18.2 Å². The second-order valence-corrected chi connectivity index (χ2v) is 10.6. The fourth-order valence-corrected chi connectivity index (χ4v) is 8.01. The van der Waals surface area contributed by atoms with Crippen LogP contribution < -0.4 is 0 Å². The van der Waals surface area contributed by atoms with E-state index in [4.69, 9.17) is 0 Å². The van der Waals surface area contributed by atoms with Crippen molar-refractivity contribution in [3.8, 4) is 0 Å². The molecule has 4 rings (SSSR count). The van der Waals surface area contributed by atoms with Gasteiger partial charge < -0.3 is 5.11 Å². The highest BCUT2D eigenvalue weighted by atomic mass is 32.2. The number of allylic oxidation sites excluding steroid dienone is 4. The zero-order chi connectivity index (χ0) is 21.4. The van der Waals surface area contributed by atoms with Crippen LogP contribution in [-0.4, -0.2) is 40.0 Å². The molecule has 0 spiro atoms. The number of carbonyl (C=O) groups excluding carboxylic acids is 2. The van der Waals surface area contributed by atoms with E-state index in [-0.39, 0.29) is 41.1 Å². The van der Waals surface area contributed by atoms with Crippen LogP contribution in [0.5, 0.6) is 0 Å². The summed E-state index contributed by atoms with van der Waals surface area (Å²) in [6, 6.07) is -0.820. The Balaban J connectivity index is 1.80. The van der Waals surface area contributed by atoms with Crippen molar-refractivity contribution < 1.29 is 27.9 Å². The fraction of sp³-hybridized carbons (Fsp3) is 0.727. The average Bonchev–Trinajstić information content (AvgIpc) is 2.90. The van der Waals surface area contributed by atoms with Crippen molar-refractivity contribution in [2.24, 2.45) is 34.5 Å². The lowest BCUT2D eigenvalue weighted by Gasteiger charge is -2.62. The second kappa shape index (κ2) is 6.71. The Kier molecular flexibility index (Phi) is 4.90. The number of halogens is 3. The molecule has 0 aromatic carbocycles. The van der Waals surface area contributed by atoms with Crippen LogP contribution in [0.15, 0.2) is 23.8 Å². The van der Waals surface area contributed by atoms with Crippen molar-refractivity contribution in [2.75, 3.05) is 6.01 Å². The molecule has 0 aromatic rings. The van der Waals surface area contributed by atoms with Gasteiger partial charge in [0.05, 0.1) is 6.10 Å². The van der Waals surface area contributed by atoms with E-state index >= 15 is 8.78 Å².